The van der Waals surface area contributed by atoms with Gasteiger partial charge in [-0.2, -0.15) is 0 Å². The number of likely N-dealkylation sites (tertiary alicyclic amines) is 1. The van der Waals surface area contributed by atoms with Gasteiger partial charge < -0.3 is 41.1 Å². The van der Waals surface area contributed by atoms with Crippen molar-refractivity contribution in [1.29, 1.82) is 0 Å². The van der Waals surface area contributed by atoms with Crippen LogP contribution in [0.4, 0.5) is 4.79 Å². The average Bonchev–Trinajstić information content (AvgIpc) is 3.70. The van der Waals surface area contributed by atoms with E-state index in [-0.39, 0.29) is 31.4 Å². The van der Waals surface area contributed by atoms with Crippen LogP contribution < -0.4 is 31.3 Å². The zero-order valence-corrected chi connectivity index (χ0v) is 26.1. The number of hydrogen-bond acceptors (Lipinski definition) is 7. The maximum Gasteiger partial charge on any atom is 0.315 e. The third kappa shape index (κ3) is 7.16. The molecule has 0 aliphatic carbocycles. The molecule has 7 rings (SSSR count). The molecule has 0 aromatic heterocycles. The number of nitrogens with one attached hydrogen (secondary N) is 5. The SMILES string of the molecule is C[C@@H]1NC(=O)[C@H]2CCCN2C(=O)[C@@H](Cc2ccccc2)NC(=O)COc2ccc(cc2)C[C@H](C(=O)N2CC3(CNC(=O)N3)C2)NC1=O. The van der Waals surface area contributed by atoms with Gasteiger partial charge in [0.1, 0.15) is 29.9 Å². The summed E-state index contributed by atoms with van der Waals surface area (Å²) in [6, 6.07) is 12.1. The van der Waals surface area contributed by atoms with Crippen molar-refractivity contribution in [1.82, 2.24) is 36.4 Å². The van der Waals surface area contributed by atoms with Crippen LogP contribution in [0, 0.1) is 0 Å². The largest absolute Gasteiger partial charge is 0.484 e. The molecule has 14 heteroatoms. The van der Waals surface area contributed by atoms with Gasteiger partial charge in [-0.15, -0.1) is 0 Å². The van der Waals surface area contributed by atoms with Gasteiger partial charge in [0.05, 0.1) is 5.54 Å². The fourth-order valence-electron chi connectivity index (χ4n) is 6.60. The molecule has 3 saturated heterocycles. The minimum absolute atomic E-state index is 0.159. The number of carbonyl (C=O) groups is 6. The lowest BCUT2D eigenvalue weighted by Crippen LogP contribution is -2.72. The lowest BCUT2D eigenvalue weighted by molar-refractivity contribution is -0.144. The molecule has 5 aliphatic heterocycles. The van der Waals surface area contributed by atoms with Crippen molar-refractivity contribution in [3.05, 3.63) is 65.7 Å². The molecule has 7 amide bonds. The molecule has 3 fully saturated rings. The number of benzene rings is 2. The van der Waals surface area contributed by atoms with Crippen LogP contribution >= 0.6 is 0 Å². The number of carbonyl (C=O) groups excluding carboxylic acids is 6. The summed E-state index contributed by atoms with van der Waals surface area (Å²) in [7, 11) is 0. The van der Waals surface area contributed by atoms with E-state index in [0.29, 0.717) is 44.8 Å². The molecule has 0 saturated carbocycles. The Kier molecular flexibility index (Phi) is 9.01. The molecule has 2 aromatic carbocycles. The predicted molar refractivity (Wildman–Crippen MR) is 168 cm³/mol. The maximum absolute atomic E-state index is 13.9. The van der Waals surface area contributed by atoms with Crippen LogP contribution in [0.1, 0.15) is 30.9 Å². The van der Waals surface area contributed by atoms with Crippen LogP contribution in [0.25, 0.3) is 0 Å². The van der Waals surface area contributed by atoms with Gasteiger partial charge in [-0.25, -0.2) is 4.79 Å². The molecular weight excluding hydrogens is 606 g/mol. The summed E-state index contributed by atoms with van der Waals surface area (Å²) in [6.45, 7) is 2.53. The fraction of sp³-hybridized carbons (Fsp3) is 0.455. The molecule has 2 aromatic rings. The predicted octanol–water partition coefficient (Wildman–Crippen LogP) is -0.777. The van der Waals surface area contributed by atoms with Gasteiger partial charge >= 0.3 is 6.03 Å². The van der Waals surface area contributed by atoms with Crippen molar-refractivity contribution in [2.24, 2.45) is 0 Å². The first-order valence-corrected chi connectivity index (χ1v) is 15.9. The molecule has 1 spiro atoms. The van der Waals surface area contributed by atoms with E-state index in [1.165, 1.54) is 11.8 Å². The highest BCUT2D eigenvalue weighted by atomic mass is 16.5. The third-order valence-corrected chi connectivity index (χ3v) is 9.12. The van der Waals surface area contributed by atoms with Crippen LogP contribution in [0.5, 0.6) is 5.75 Å². The Morgan fingerprint density at radius 2 is 1.68 bits per heavy atom. The van der Waals surface area contributed by atoms with E-state index in [2.05, 4.69) is 26.6 Å². The number of amides is 7. The van der Waals surface area contributed by atoms with Crippen LogP contribution in [0.2, 0.25) is 0 Å². The van der Waals surface area contributed by atoms with Crippen molar-refractivity contribution < 1.29 is 33.5 Å². The summed E-state index contributed by atoms with van der Waals surface area (Å²) in [5, 5.41) is 13.9. The van der Waals surface area contributed by atoms with E-state index in [9.17, 15) is 28.8 Å². The van der Waals surface area contributed by atoms with Crippen LogP contribution in [0.3, 0.4) is 0 Å². The Morgan fingerprint density at radius 1 is 0.936 bits per heavy atom. The topological polar surface area (TPSA) is 178 Å². The fourth-order valence-corrected chi connectivity index (χ4v) is 6.60. The van der Waals surface area contributed by atoms with E-state index in [1.54, 1.807) is 29.2 Å². The third-order valence-electron chi connectivity index (χ3n) is 9.12. The highest BCUT2D eigenvalue weighted by Gasteiger charge is 2.50. The van der Waals surface area contributed by atoms with Gasteiger partial charge in [-0.1, -0.05) is 42.5 Å². The molecule has 5 N–H and O–H groups in total. The Morgan fingerprint density at radius 3 is 2.38 bits per heavy atom. The molecule has 0 radical (unpaired) electrons. The number of nitrogens with zero attached hydrogens (tertiary/aromatic N) is 2. The lowest BCUT2D eigenvalue weighted by atomic mass is 9.89. The summed E-state index contributed by atoms with van der Waals surface area (Å²) in [6.07, 6.45) is 1.36. The van der Waals surface area contributed by atoms with Gasteiger partial charge in [0.25, 0.3) is 5.91 Å². The Bertz CT molecular complexity index is 1540. The van der Waals surface area contributed by atoms with E-state index >= 15 is 0 Å². The number of urea groups is 1. The first-order chi connectivity index (χ1) is 22.6. The molecule has 47 heavy (non-hydrogen) atoms. The van der Waals surface area contributed by atoms with E-state index in [0.717, 1.165) is 11.1 Å². The molecule has 5 aliphatic rings. The number of ether oxygens (including phenoxy) is 1. The van der Waals surface area contributed by atoms with Crippen LogP contribution in [-0.4, -0.2) is 108 Å². The maximum atomic E-state index is 13.9. The second-order valence-corrected chi connectivity index (χ2v) is 12.7. The van der Waals surface area contributed by atoms with E-state index in [4.69, 9.17) is 4.74 Å². The number of rotatable bonds is 3. The van der Waals surface area contributed by atoms with E-state index in [1.807, 2.05) is 30.3 Å². The standard InChI is InChI=1S/C33H39N7O7/c1-20-28(42)37-24(30(44)39-18-33(19-39)17-34-32(46)38-33)15-22-9-11-23(12-10-22)47-16-27(41)36-25(14-21-6-3-2-4-7-21)31(45)40-13-5-8-26(40)29(43)35-20/h2-4,6-7,9-12,20,24-26H,5,8,13-19H2,1H3,(H,35,43)(H,36,41)(H,37,42)(H2,34,38,46)/t20-,24+,25+,26+/m0/s1. The normalized spacial score (nSPS) is 26.4. The molecule has 14 nitrogen and oxygen atoms in total. The number of fused-ring (bicyclic) bond motifs is 13. The van der Waals surface area contributed by atoms with Crippen molar-refractivity contribution in [3.63, 3.8) is 0 Å². The van der Waals surface area contributed by atoms with Gasteiger partial charge in [0, 0.05) is 39.0 Å². The number of hydrogen-bond donors (Lipinski definition) is 5. The second-order valence-electron chi connectivity index (χ2n) is 12.7. The summed E-state index contributed by atoms with van der Waals surface area (Å²) < 4.78 is 5.72. The molecule has 248 valence electrons. The zero-order valence-electron chi connectivity index (χ0n) is 26.1. The first kappa shape index (κ1) is 31.8. The summed E-state index contributed by atoms with van der Waals surface area (Å²) in [5.74, 6) is -1.83. The Labute approximate surface area is 271 Å². The monoisotopic (exact) mass is 645 g/mol. The first-order valence-electron chi connectivity index (χ1n) is 15.9. The Hall–Kier alpha value is -5.14. The van der Waals surface area contributed by atoms with Gasteiger partial charge in [-0.3, -0.25) is 24.0 Å². The Balaban J connectivity index is 1.22. The highest BCUT2D eigenvalue weighted by molar-refractivity contribution is 5.96. The molecule has 5 heterocycles. The highest BCUT2D eigenvalue weighted by Crippen LogP contribution is 2.25. The van der Waals surface area contributed by atoms with Crippen molar-refractivity contribution in [3.8, 4) is 5.75 Å². The molecule has 2 bridgehead atoms. The molecule has 0 unspecified atom stereocenters. The summed E-state index contributed by atoms with van der Waals surface area (Å²) in [4.78, 5) is 82.2. The average molecular weight is 646 g/mol. The molecular formula is C33H39N7O7. The second kappa shape index (κ2) is 13.3. The minimum atomic E-state index is -1.01. The van der Waals surface area contributed by atoms with Crippen molar-refractivity contribution >= 4 is 35.6 Å². The minimum Gasteiger partial charge on any atom is -0.484 e. The molecule has 4 atom stereocenters. The summed E-state index contributed by atoms with van der Waals surface area (Å²) in [5.41, 5.74) is 1.05. The van der Waals surface area contributed by atoms with Gasteiger partial charge in [-0.05, 0) is 43.0 Å². The van der Waals surface area contributed by atoms with E-state index < -0.39 is 53.3 Å². The smallest absolute Gasteiger partial charge is 0.315 e. The van der Waals surface area contributed by atoms with Gasteiger partial charge in [0.2, 0.25) is 23.6 Å². The summed E-state index contributed by atoms with van der Waals surface area (Å²) >= 11 is 0. The van der Waals surface area contributed by atoms with Gasteiger partial charge in [0.15, 0.2) is 6.61 Å². The van der Waals surface area contributed by atoms with Crippen molar-refractivity contribution in [2.75, 3.05) is 32.8 Å². The van der Waals surface area contributed by atoms with Crippen LogP contribution in [0.15, 0.2) is 54.6 Å². The lowest BCUT2D eigenvalue weighted by Gasteiger charge is -2.48. The quantitative estimate of drug-likeness (QED) is 0.291. The van der Waals surface area contributed by atoms with Crippen LogP contribution in [-0.2, 0) is 36.8 Å². The zero-order chi connectivity index (χ0) is 33.1. The van der Waals surface area contributed by atoms with Crippen molar-refractivity contribution in [2.45, 2.75) is 62.3 Å².